The Bertz CT molecular complexity index is 482. The molecule has 0 nitrogen and oxygen atoms in total. The summed E-state index contributed by atoms with van der Waals surface area (Å²) in [5.74, 6) is 2.79. The van der Waals surface area contributed by atoms with Gasteiger partial charge < -0.3 is 17.0 Å². The maximum Gasteiger partial charge on any atom is 0.0635 e. The molecule has 0 saturated carbocycles. The lowest BCUT2D eigenvalue weighted by atomic mass is 10.0. The van der Waals surface area contributed by atoms with Crippen LogP contribution in [0.3, 0.4) is 0 Å². The van der Waals surface area contributed by atoms with Crippen molar-refractivity contribution in [3.63, 3.8) is 0 Å². The van der Waals surface area contributed by atoms with Gasteiger partial charge in [0, 0.05) is 7.26 Å². The lowest BCUT2D eigenvalue weighted by molar-refractivity contribution is -0.00000549. The lowest BCUT2D eigenvalue weighted by Gasteiger charge is -2.25. The van der Waals surface area contributed by atoms with Gasteiger partial charge in [-0.3, -0.25) is 0 Å². The Balaban J connectivity index is 0.00000625. The number of unbranched alkanes of at least 4 members (excludes halogenated alkanes) is 3. The zero-order valence-electron chi connectivity index (χ0n) is 17.5. The zero-order chi connectivity index (χ0) is 18.4. The van der Waals surface area contributed by atoms with E-state index in [-0.39, 0.29) is 17.0 Å². The predicted molar refractivity (Wildman–Crippen MR) is 120 cm³/mol. The summed E-state index contributed by atoms with van der Waals surface area (Å²) in [5, 5.41) is 0. The topological polar surface area (TPSA) is 0 Å². The fourth-order valence-corrected chi connectivity index (χ4v) is 8.23. The minimum atomic E-state index is -1.00. The van der Waals surface area contributed by atoms with Crippen LogP contribution in [0.2, 0.25) is 0 Å². The largest absolute Gasteiger partial charge is 1.00 e. The summed E-state index contributed by atoms with van der Waals surface area (Å²) < 4.78 is 0. The summed E-state index contributed by atoms with van der Waals surface area (Å²) in [6, 6.07) is 11.1. The minimum absolute atomic E-state index is 0. The summed E-state index contributed by atoms with van der Waals surface area (Å²) >= 11 is 0. The molecule has 148 valence electrons. The molecule has 0 spiro atoms. The Morgan fingerprint density at radius 2 is 1.35 bits per heavy atom. The summed E-state index contributed by atoms with van der Waals surface area (Å²) in [4.78, 5) is 0. The fraction of sp³-hybridized carbons (Fsp3) is 0.583. The molecular weight excluding hydrogens is 399 g/mol. The van der Waals surface area contributed by atoms with E-state index in [1.165, 1.54) is 62.6 Å². The van der Waals surface area contributed by atoms with Gasteiger partial charge in [-0.2, -0.15) is 0 Å². The van der Waals surface area contributed by atoms with Crippen LogP contribution in [0.25, 0.3) is 5.57 Å². The van der Waals surface area contributed by atoms with Crippen LogP contribution in [0, 0.1) is 0 Å². The second-order valence-corrected chi connectivity index (χ2v) is 11.3. The van der Waals surface area contributed by atoms with Crippen LogP contribution in [-0.2, 0) is 0 Å². The molecule has 0 bridgehead atoms. The van der Waals surface area contributed by atoms with Crippen molar-refractivity contribution in [1.29, 1.82) is 0 Å². The van der Waals surface area contributed by atoms with E-state index in [0.29, 0.717) is 0 Å². The Morgan fingerprint density at radius 3 is 1.77 bits per heavy atom. The van der Waals surface area contributed by atoms with E-state index in [1.807, 2.05) is 0 Å². The Labute approximate surface area is 174 Å². The predicted octanol–water partition coefficient (Wildman–Crippen LogP) is 5.42. The normalized spacial score (nSPS) is 12.4. The van der Waals surface area contributed by atoms with Crippen molar-refractivity contribution in [2.45, 2.75) is 72.6 Å². The Kier molecular flexibility index (Phi) is 15.4. The maximum absolute atomic E-state index is 2.79. The molecule has 1 rings (SSSR count). The van der Waals surface area contributed by atoms with Crippen LogP contribution in [-0.4, -0.2) is 18.5 Å². The van der Waals surface area contributed by atoms with Gasteiger partial charge in [-0.05, 0) is 43.7 Å². The highest BCUT2D eigenvalue weighted by Gasteiger charge is 2.34. The van der Waals surface area contributed by atoms with Crippen molar-refractivity contribution < 1.29 is 17.0 Å². The van der Waals surface area contributed by atoms with Gasteiger partial charge >= 0.3 is 0 Å². The van der Waals surface area contributed by atoms with Gasteiger partial charge in [-0.1, -0.05) is 82.5 Å². The SMILES string of the molecule is CC=CCC(=C[P+](CCCC)(CCCC)CCCC)c1ccccc1.[Br-]. The molecule has 1 aromatic carbocycles. The molecule has 0 radical (unpaired) electrons. The molecule has 0 aliphatic rings. The molecule has 0 amide bonds. The van der Waals surface area contributed by atoms with Gasteiger partial charge in [0.15, 0.2) is 0 Å². The summed E-state index contributed by atoms with van der Waals surface area (Å²) in [7, 11) is -1.00. The third kappa shape index (κ3) is 9.52. The third-order valence-electron chi connectivity index (χ3n) is 5.02. The third-order valence-corrected chi connectivity index (χ3v) is 9.50. The number of rotatable bonds is 13. The van der Waals surface area contributed by atoms with Crippen molar-refractivity contribution in [1.82, 2.24) is 0 Å². The van der Waals surface area contributed by atoms with E-state index in [0.717, 1.165) is 6.42 Å². The molecule has 0 saturated heterocycles. The van der Waals surface area contributed by atoms with Gasteiger partial charge in [0.05, 0.1) is 24.3 Å². The highest BCUT2D eigenvalue weighted by atomic mass is 79.9. The average Bonchev–Trinajstić information content (AvgIpc) is 2.66. The number of benzene rings is 1. The van der Waals surface area contributed by atoms with Crippen LogP contribution in [0.15, 0.2) is 48.3 Å². The van der Waals surface area contributed by atoms with Crippen molar-refractivity contribution in [2.24, 2.45) is 0 Å². The van der Waals surface area contributed by atoms with Crippen molar-refractivity contribution in [2.75, 3.05) is 18.5 Å². The number of allylic oxidation sites excluding steroid dienone is 3. The van der Waals surface area contributed by atoms with E-state index in [1.54, 1.807) is 5.57 Å². The second-order valence-electron chi connectivity index (χ2n) is 7.24. The second kappa shape index (κ2) is 15.6. The molecule has 0 unspecified atom stereocenters. The molecule has 0 fully saturated rings. The number of hydrogen-bond acceptors (Lipinski definition) is 0. The Morgan fingerprint density at radius 1 is 0.846 bits per heavy atom. The number of hydrogen-bond donors (Lipinski definition) is 0. The first-order valence-corrected chi connectivity index (χ1v) is 12.9. The molecule has 26 heavy (non-hydrogen) atoms. The number of halogens is 1. The molecule has 0 aromatic heterocycles. The Hall–Kier alpha value is -0.390. The fourth-order valence-electron chi connectivity index (χ4n) is 3.42. The van der Waals surface area contributed by atoms with E-state index in [9.17, 15) is 0 Å². The molecule has 0 aliphatic heterocycles. The van der Waals surface area contributed by atoms with Crippen molar-refractivity contribution in [3.8, 4) is 0 Å². The van der Waals surface area contributed by atoms with Crippen molar-refractivity contribution in [3.05, 3.63) is 53.9 Å². The monoisotopic (exact) mass is 438 g/mol. The van der Waals surface area contributed by atoms with Crippen LogP contribution in [0.5, 0.6) is 0 Å². The molecule has 0 aliphatic carbocycles. The first kappa shape index (κ1) is 25.6. The lowest BCUT2D eigenvalue weighted by Crippen LogP contribution is -3.00. The highest BCUT2D eigenvalue weighted by molar-refractivity contribution is 7.79. The van der Waals surface area contributed by atoms with Gasteiger partial charge in [-0.25, -0.2) is 0 Å². The zero-order valence-corrected chi connectivity index (χ0v) is 20.0. The van der Waals surface area contributed by atoms with Gasteiger partial charge in [0.2, 0.25) is 0 Å². The molecule has 2 heteroatoms. The van der Waals surface area contributed by atoms with Crippen molar-refractivity contribution >= 4 is 12.8 Å². The van der Waals surface area contributed by atoms with E-state index < -0.39 is 7.26 Å². The summed E-state index contributed by atoms with van der Waals surface area (Å²) in [5.41, 5.74) is 2.99. The first-order valence-electron chi connectivity index (χ1n) is 10.5. The molecule has 0 N–H and O–H groups in total. The van der Waals surface area contributed by atoms with Crippen LogP contribution < -0.4 is 17.0 Å². The summed E-state index contributed by atoms with van der Waals surface area (Å²) in [6.45, 7) is 9.16. The molecular formula is C24H40BrP. The highest BCUT2D eigenvalue weighted by Crippen LogP contribution is 2.63. The maximum atomic E-state index is 2.79. The van der Waals surface area contributed by atoms with Gasteiger partial charge in [-0.15, -0.1) is 0 Å². The standard InChI is InChI=1S/C24H40P.BrH/c1-5-9-16-24(23-17-14-13-15-18-23)22-25(19-10-6-2,20-11-7-3)21-12-8-4;/h5,9,13-15,17-18,22H,6-8,10-12,16,19-21H2,1-4H3;1H/q+1;/p-1. The van der Waals surface area contributed by atoms with Gasteiger partial charge in [0.25, 0.3) is 0 Å². The smallest absolute Gasteiger partial charge is 0.0635 e. The minimum Gasteiger partial charge on any atom is -1.00 e. The average molecular weight is 439 g/mol. The van der Waals surface area contributed by atoms with Crippen LogP contribution in [0.4, 0.5) is 0 Å². The first-order chi connectivity index (χ1) is 12.2. The molecule has 0 heterocycles. The van der Waals surface area contributed by atoms with Crippen LogP contribution >= 0.6 is 7.26 Å². The molecule has 1 aromatic rings. The van der Waals surface area contributed by atoms with E-state index in [2.05, 4.69) is 76.0 Å². The molecule has 0 atom stereocenters. The van der Waals surface area contributed by atoms with Crippen LogP contribution in [0.1, 0.15) is 78.2 Å². The van der Waals surface area contributed by atoms with E-state index in [4.69, 9.17) is 0 Å². The van der Waals surface area contributed by atoms with E-state index >= 15 is 0 Å². The quantitative estimate of drug-likeness (QED) is 0.285. The van der Waals surface area contributed by atoms with Gasteiger partial charge in [0.1, 0.15) is 0 Å². The summed E-state index contributed by atoms with van der Waals surface area (Å²) in [6.07, 6.45) is 18.1.